The molecule has 1 saturated heterocycles. The van der Waals surface area contributed by atoms with Crippen LogP contribution in [0.3, 0.4) is 0 Å². The van der Waals surface area contributed by atoms with E-state index in [9.17, 15) is 4.79 Å². The molecule has 2 aromatic heterocycles. The van der Waals surface area contributed by atoms with E-state index in [1.54, 1.807) is 12.4 Å². The molecule has 128 valence electrons. The number of hydrogen-bond donors (Lipinski definition) is 1. The average molecular weight is 335 g/mol. The highest BCUT2D eigenvalue weighted by Crippen LogP contribution is 2.28. The van der Waals surface area contributed by atoms with E-state index in [4.69, 9.17) is 4.98 Å². The van der Waals surface area contributed by atoms with Crippen LogP contribution in [0.25, 0.3) is 16.9 Å². The number of carbonyl (C=O) groups is 1. The fraction of sp³-hybridized carbons (Fsp3) is 0.316. The van der Waals surface area contributed by atoms with Gasteiger partial charge in [-0.15, -0.1) is 0 Å². The Morgan fingerprint density at radius 2 is 1.96 bits per heavy atom. The molecule has 1 aliphatic rings. The lowest BCUT2D eigenvalue weighted by molar-refractivity contribution is -0.129. The molecular formula is C19H21N5O. The molecule has 4 rings (SSSR count). The van der Waals surface area contributed by atoms with Crippen molar-refractivity contribution in [3.8, 4) is 11.3 Å². The van der Waals surface area contributed by atoms with Crippen molar-refractivity contribution < 1.29 is 4.79 Å². The van der Waals surface area contributed by atoms with E-state index in [0.29, 0.717) is 13.0 Å². The Hall–Kier alpha value is -2.89. The third kappa shape index (κ3) is 3.20. The first-order chi connectivity index (χ1) is 12.3. The third-order valence-corrected chi connectivity index (χ3v) is 4.57. The minimum Gasteiger partial charge on any atom is -0.369 e. The molecule has 0 unspecified atom stereocenters. The van der Waals surface area contributed by atoms with Crippen LogP contribution in [-0.4, -0.2) is 44.8 Å². The van der Waals surface area contributed by atoms with Crippen LogP contribution in [0.15, 0.2) is 48.9 Å². The third-order valence-electron chi connectivity index (χ3n) is 4.57. The fourth-order valence-electron chi connectivity index (χ4n) is 3.29. The van der Waals surface area contributed by atoms with Crippen molar-refractivity contribution in [1.29, 1.82) is 0 Å². The molecule has 0 atom stereocenters. The maximum atomic E-state index is 12.2. The van der Waals surface area contributed by atoms with Crippen molar-refractivity contribution in [2.45, 2.75) is 19.3 Å². The first kappa shape index (κ1) is 15.6. The molecule has 0 bridgehead atoms. The average Bonchev–Trinajstić information content (AvgIpc) is 3.31. The SMILES string of the molecule is O=C(CCNc1c(-c2ccccc2)nc2cnccn12)N1CCCC1. The molecule has 1 aliphatic heterocycles. The van der Waals surface area contributed by atoms with Gasteiger partial charge in [-0.25, -0.2) is 4.98 Å². The Morgan fingerprint density at radius 1 is 1.16 bits per heavy atom. The molecule has 0 saturated carbocycles. The van der Waals surface area contributed by atoms with Gasteiger partial charge in [0, 0.05) is 44.0 Å². The van der Waals surface area contributed by atoms with Crippen LogP contribution < -0.4 is 5.32 Å². The maximum absolute atomic E-state index is 12.2. The van der Waals surface area contributed by atoms with Gasteiger partial charge in [0.2, 0.25) is 5.91 Å². The molecule has 6 nitrogen and oxygen atoms in total. The summed E-state index contributed by atoms with van der Waals surface area (Å²) >= 11 is 0. The summed E-state index contributed by atoms with van der Waals surface area (Å²) in [6.45, 7) is 2.38. The van der Waals surface area contributed by atoms with E-state index in [1.165, 1.54) is 0 Å². The van der Waals surface area contributed by atoms with Crippen molar-refractivity contribution in [1.82, 2.24) is 19.3 Å². The highest BCUT2D eigenvalue weighted by Gasteiger charge is 2.18. The smallest absolute Gasteiger partial charge is 0.224 e. The number of aromatic nitrogens is 3. The second kappa shape index (κ2) is 6.93. The molecule has 6 heteroatoms. The van der Waals surface area contributed by atoms with Crippen LogP contribution in [0.4, 0.5) is 5.82 Å². The molecule has 0 spiro atoms. The molecule has 0 radical (unpaired) electrons. The highest BCUT2D eigenvalue weighted by molar-refractivity contribution is 5.79. The normalized spacial score (nSPS) is 14.2. The van der Waals surface area contributed by atoms with Crippen molar-refractivity contribution >= 4 is 17.4 Å². The second-order valence-electron chi connectivity index (χ2n) is 6.24. The summed E-state index contributed by atoms with van der Waals surface area (Å²) in [6, 6.07) is 10.1. The van der Waals surface area contributed by atoms with Gasteiger partial charge in [0.1, 0.15) is 11.5 Å². The van der Waals surface area contributed by atoms with Crippen molar-refractivity contribution in [3.05, 3.63) is 48.9 Å². The number of hydrogen-bond acceptors (Lipinski definition) is 4. The number of benzene rings is 1. The van der Waals surface area contributed by atoms with Crippen LogP contribution in [-0.2, 0) is 4.79 Å². The molecule has 1 amide bonds. The summed E-state index contributed by atoms with van der Waals surface area (Å²) in [5, 5.41) is 3.41. The van der Waals surface area contributed by atoms with E-state index in [-0.39, 0.29) is 5.91 Å². The summed E-state index contributed by atoms with van der Waals surface area (Å²) in [7, 11) is 0. The van der Waals surface area contributed by atoms with Gasteiger partial charge in [0.25, 0.3) is 0 Å². The zero-order valence-corrected chi connectivity index (χ0v) is 14.1. The number of fused-ring (bicyclic) bond motifs is 1. The Bertz CT molecular complexity index is 868. The maximum Gasteiger partial charge on any atom is 0.224 e. The molecule has 25 heavy (non-hydrogen) atoms. The van der Waals surface area contributed by atoms with Gasteiger partial charge in [-0.3, -0.25) is 14.2 Å². The molecule has 3 heterocycles. The quantitative estimate of drug-likeness (QED) is 0.779. The largest absolute Gasteiger partial charge is 0.369 e. The molecule has 1 N–H and O–H groups in total. The highest BCUT2D eigenvalue weighted by atomic mass is 16.2. The first-order valence-corrected chi connectivity index (χ1v) is 8.72. The van der Waals surface area contributed by atoms with Crippen LogP contribution in [0, 0.1) is 0 Å². The van der Waals surface area contributed by atoms with E-state index >= 15 is 0 Å². The standard InChI is InChI=1S/C19H21N5O/c25-17(23-11-4-5-12-23)8-9-21-19-18(15-6-2-1-3-7-15)22-16-14-20-10-13-24(16)19/h1-3,6-7,10,13-14,21H,4-5,8-9,11-12H2. The van der Waals surface area contributed by atoms with Crippen LogP contribution in [0.5, 0.6) is 0 Å². The molecule has 1 aromatic carbocycles. The molecule has 3 aromatic rings. The van der Waals surface area contributed by atoms with Gasteiger partial charge in [0.05, 0.1) is 6.20 Å². The number of nitrogens with one attached hydrogen (secondary N) is 1. The number of amides is 1. The van der Waals surface area contributed by atoms with Gasteiger partial charge in [-0.05, 0) is 12.8 Å². The monoisotopic (exact) mass is 335 g/mol. The van der Waals surface area contributed by atoms with Gasteiger partial charge in [0.15, 0.2) is 5.65 Å². The Labute approximate surface area is 146 Å². The Balaban J connectivity index is 1.56. The lowest BCUT2D eigenvalue weighted by Crippen LogP contribution is -2.29. The zero-order valence-electron chi connectivity index (χ0n) is 14.1. The van der Waals surface area contributed by atoms with Crippen LogP contribution in [0.1, 0.15) is 19.3 Å². The fourth-order valence-corrected chi connectivity index (χ4v) is 3.29. The number of anilines is 1. The molecule has 0 aliphatic carbocycles. The lowest BCUT2D eigenvalue weighted by atomic mass is 10.1. The number of rotatable bonds is 5. The Kier molecular flexibility index (Phi) is 4.33. The number of imidazole rings is 1. The number of likely N-dealkylation sites (tertiary alicyclic amines) is 1. The van der Waals surface area contributed by atoms with Crippen molar-refractivity contribution in [3.63, 3.8) is 0 Å². The zero-order chi connectivity index (χ0) is 17.1. The minimum atomic E-state index is 0.224. The lowest BCUT2D eigenvalue weighted by Gasteiger charge is -2.15. The number of nitrogens with zero attached hydrogens (tertiary/aromatic N) is 4. The van der Waals surface area contributed by atoms with Crippen molar-refractivity contribution in [2.24, 2.45) is 0 Å². The summed E-state index contributed by atoms with van der Waals surface area (Å²) in [4.78, 5) is 23.1. The van der Waals surface area contributed by atoms with Gasteiger partial charge >= 0.3 is 0 Å². The summed E-state index contributed by atoms with van der Waals surface area (Å²) in [5.74, 6) is 1.12. The van der Waals surface area contributed by atoms with E-state index < -0.39 is 0 Å². The molecule has 1 fully saturated rings. The summed E-state index contributed by atoms with van der Waals surface area (Å²) < 4.78 is 1.98. The molecular weight excluding hydrogens is 314 g/mol. The van der Waals surface area contributed by atoms with E-state index in [0.717, 1.165) is 48.7 Å². The van der Waals surface area contributed by atoms with Crippen molar-refractivity contribution in [2.75, 3.05) is 25.0 Å². The topological polar surface area (TPSA) is 62.5 Å². The second-order valence-corrected chi connectivity index (χ2v) is 6.24. The van der Waals surface area contributed by atoms with E-state index in [1.807, 2.05) is 45.8 Å². The predicted octanol–water partition coefficient (Wildman–Crippen LogP) is 2.82. The van der Waals surface area contributed by atoms with E-state index in [2.05, 4.69) is 10.3 Å². The predicted molar refractivity (Wildman–Crippen MR) is 97.3 cm³/mol. The Morgan fingerprint density at radius 3 is 2.76 bits per heavy atom. The number of carbonyl (C=O) groups excluding carboxylic acids is 1. The summed E-state index contributed by atoms with van der Waals surface area (Å²) in [5.41, 5.74) is 2.71. The van der Waals surface area contributed by atoms with Gasteiger partial charge < -0.3 is 10.2 Å². The van der Waals surface area contributed by atoms with Crippen LogP contribution >= 0.6 is 0 Å². The van der Waals surface area contributed by atoms with Gasteiger partial charge in [-0.1, -0.05) is 30.3 Å². The van der Waals surface area contributed by atoms with Crippen LogP contribution in [0.2, 0.25) is 0 Å². The van der Waals surface area contributed by atoms with Gasteiger partial charge in [-0.2, -0.15) is 0 Å². The first-order valence-electron chi connectivity index (χ1n) is 8.72. The minimum absolute atomic E-state index is 0.224. The summed E-state index contributed by atoms with van der Waals surface area (Å²) in [6.07, 6.45) is 8.11.